The van der Waals surface area contributed by atoms with E-state index in [0.29, 0.717) is 6.61 Å². The van der Waals surface area contributed by atoms with Gasteiger partial charge in [-0.1, -0.05) is 42.5 Å². The van der Waals surface area contributed by atoms with Crippen molar-refractivity contribution in [2.75, 3.05) is 0 Å². The number of amidine groups is 1. The molecule has 0 radical (unpaired) electrons. The number of nitrogens with one attached hydrogen (secondary N) is 1. The minimum atomic E-state index is 0.0846. The van der Waals surface area contributed by atoms with Crippen LogP contribution < -0.4 is 10.5 Å². The first-order valence-corrected chi connectivity index (χ1v) is 5.78. The van der Waals surface area contributed by atoms with Gasteiger partial charge >= 0.3 is 0 Å². The van der Waals surface area contributed by atoms with Crippen molar-refractivity contribution in [1.82, 2.24) is 0 Å². The van der Waals surface area contributed by atoms with Crippen LogP contribution in [-0.2, 0) is 6.61 Å². The second-order valence-corrected chi connectivity index (χ2v) is 4.16. The van der Waals surface area contributed by atoms with E-state index in [1.807, 2.05) is 55.5 Å². The van der Waals surface area contributed by atoms with E-state index in [0.717, 1.165) is 22.4 Å². The Kier molecular flexibility index (Phi) is 3.63. The lowest BCUT2D eigenvalue weighted by Gasteiger charge is -2.09. The largest absolute Gasteiger partial charge is 0.489 e. The molecule has 2 aromatic carbocycles. The second kappa shape index (κ2) is 5.36. The Labute approximate surface area is 107 Å². The van der Waals surface area contributed by atoms with Crippen LogP contribution in [0.5, 0.6) is 5.75 Å². The van der Waals surface area contributed by atoms with Crippen molar-refractivity contribution in [2.45, 2.75) is 13.5 Å². The van der Waals surface area contributed by atoms with Crippen LogP contribution in [0.25, 0.3) is 0 Å². The molecule has 3 N–H and O–H groups in total. The smallest absolute Gasteiger partial charge is 0.122 e. The number of para-hydroxylation sites is 1. The summed E-state index contributed by atoms with van der Waals surface area (Å²) in [4.78, 5) is 0. The van der Waals surface area contributed by atoms with Crippen LogP contribution >= 0.6 is 0 Å². The van der Waals surface area contributed by atoms with Crippen LogP contribution in [0.2, 0.25) is 0 Å². The second-order valence-electron chi connectivity index (χ2n) is 4.16. The first-order chi connectivity index (χ1) is 8.66. The summed E-state index contributed by atoms with van der Waals surface area (Å²) in [6, 6.07) is 15.4. The van der Waals surface area contributed by atoms with Crippen LogP contribution in [0.1, 0.15) is 16.7 Å². The van der Waals surface area contributed by atoms with Crippen molar-refractivity contribution in [1.29, 1.82) is 5.41 Å². The predicted molar refractivity (Wildman–Crippen MR) is 73.0 cm³/mol. The molecule has 0 aliphatic heterocycles. The van der Waals surface area contributed by atoms with Gasteiger partial charge in [-0.2, -0.15) is 0 Å². The van der Waals surface area contributed by atoms with Gasteiger partial charge in [0.05, 0.1) is 0 Å². The molecular formula is C15H16N2O. The Hall–Kier alpha value is -2.29. The number of nitrogens with two attached hydrogens (primary N) is 1. The molecule has 0 bridgehead atoms. The normalized spacial score (nSPS) is 10.1. The maximum absolute atomic E-state index is 7.32. The Bertz CT molecular complexity index is 547. The molecular weight excluding hydrogens is 224 g/mol. The minimum absolute atomic E-state index is 0.0846. The Morgan fingerprint density at radius 3 is 2.39 bits per heavy atom. The first-order valence-electron chi connectivity index (χ1n) is 5.78. The van der Waals surface area contributed by atoms with Gasteiger partial charge in [0, 0.05) is 5.56 Å². The topological polar surface area (TPSA) is 59.1 Å². The number of rotatable bonds is 4. The number of hydrogen-bond acceptors (Lipinski definition) is 2. The van der Waals surface area contributed by atoms with Crippen molar-refractivity contribution < 1.29 is 4.74 Å². The SMILES string of the molecule is Cc1ccccc1OCc1ccc(C(=N)N)cc1. The van der Waals surface area contributed by atoms with E-state index < -0.39 is 0 Å². The highest BCUT2D eigenvalue weighted by molar-refractivity contribution is 5.94. The van der Waals surface area contributed by atoms with Gasteiger partial charge in [-0.15, -0.1) is 0 Å². The van der Waals surface area contributed by atoms with Crippen molar-refractivity contribution in [3.63, 3.8) is 0 Å². The van der Waals surface area contributed by atoms with E-state index in [4.69, 9.17) is 15.9 Å². The Balaban J connectivity index is 2.02. The molecule has 0 unspecified atom stereocenters. The Morgan fingerprint density at radius 2 is 1.78 bits per heavy atom. The molecule has 0 amide bonds. The molecule has 2 rings (SSSR count). The summed E-state index contributed by atoms with van der Waals surface area (Å²) >= 11 is 0. The van der Waals surface area contributed by atoms with Crippen molar-refractivity contribution in [3.8, 4) is 5.75 Å². The quantitative estimate of drug-likeness (QED) is 0.637. The fourth-order valence-corrected chi connectivity index (χ4v) is 1.66. The third kappa shape index (κ3) is 2.88. The average Bonchev–Trinajstić information content (AvgIpc) is 2.38. The molecule has 0 aliphatic carbocycles. The van der Waals surface area contributed by atoms with E-state index in [1.165, 1.54) is 0 Å². The van der Waals surface area contributed by atoms with Gasteiger partial charge in [-0.3, -0.25) is 5.41 Å². The highest BCUT2D eigenvalue weighted by Crippen LogP contribution is 2.17. The monoisotopic (exact) mass is 240 g/mol. The van der Waals surface area contributed by atoms with E-state index >= 15 is 0 Å². The fraction of sp³-hybridized carbons (Fsp3) is 0.133. The van der Waals surface area contributed by atoms with Crippen molar-refractivity contribution in [3.05, 3.63) is 65.2 Å². The summed E-state index contributed by atoms with van der Waals surface area (Å²) in [5, 5.41) is 7.32. The standard InChI is InChI=1S/C15H16N2O/c1-11-4-2-3-5-14(11)18-10-12-6-8-13(9-7-12)15(16)17/h2-9H,10H2,1H3,(H3,16,17). The number of benzene rings is 2. The molecule has 18 heavy (non-hydrogen) atoms. The van der Waals surface area contributed by atoms with Gasteiger partial charge in [0.1, 0.15) is 18.2 Å². The van der Waals surface area contributed by atoms with E-state index in [-0.39, 0.29) is 5.84 Å². The van der Waals surface area contributed by atoms with Crippen LogP contribution in [0.3, 0.4) is 0 Å². The molecule has 3 nitrogen and oxygen atoms in total. The van der Waals surface area contributed by atoms with Crippen LogP contribution in [0.15, 0.2) is 48.5 Å². The summed E-state index contributed by atoms with van der Waals surface area (Å²) in [5.41, 5.74) is 8.31. The molecule has 3 heteroatoms. The van der Waals surface area contributed by atoms with Crippen LogP contribution in [-0.4, -0.2) is 5.84 Å². The number of ether oxygens (including phenoxy) is 1. The van der Waals surface area contributed by atoms with Gasteiger partial charge in [-0.05, 0) is 24.1 Å². The lowest BCUT2D eigenvalue weighted by molar-refractivity contribution is 0.304. The maximum atomic E-state index is 7.32. The number of aryl methyl sites for hydroxylation is 1. The van der Waals surface area contributed by atoms with Gasteiger partial charge in [0.25, 0.3) is 0 Å². The van der Waals surface area contributed by atoms with Gasteiger partial charge in [0.2, 0.25) is 0 Å². The van der Waals surface area contributed by atoms with Gasteiger partial charge in [0.15, 0.2) is 0 Å². The van der Waals surface area contributed by atoms with Crippen molar-refractivity contribution >= 4 is 5.84 Å². The molecule has 0 atom stereocenters. The fourth-order valence-electron chi connectivity index (χ4n) is 1.66. The van der Waals surface area contributed by atoms with Gasteiger partial charge in [-0.25, -0.2) is 0 Å². The zero-order valence-corrected chi connectivity index (χ0v) is 10.3. The van der Waals surface area contributed by atoms with Crippen molar-refractivity contribution in [2.24, 2.45) is 5.73 Å². The molecule has 0 aliphatic rings. The van der Waals surface area contributed by atoms with E-state index in [9.17, 15) is 0 Å². The zero-order valence-electron chi connectivity index (χ0n) is 10.3. The first kappa shape index (κ1) is 12.2. The molecule has 0 spiro atoms. The van der Waals surface area contributed by atoms with E-state index in [2.05, 4.69) is 0 Å². The molecule has 0 fully saturated rings. The third-order valence-corrected chi connectivity index (χ3v) is 2.75. The lowest BCUT2D eigenvalue weighted by Crippen LogP contribution is -2.10. The average molecular weight is 240 g/mol. The third-order valence-electron chi connectivity index (χ3n) is 2.75. The summed E-state index contributed by atoms with van der Waals surface area (Å²) in [6.45, 7) is 2.54. The lowest BCUT2D eigenvalue weighted by atomic mass is 10.1. The Morgan fingerprint density at radius 1 is 1.11 bits per heavy atom. The van der Waals surface area contributed by atoms with Crippen LogP contribution in [0.4, 0.5) is 0 Å². The maximum Gasteiger partial charge on any atom is 0.122 e. The van der Waals surface area contributed by atoms with E-state index in [1.54, 1.807) is 0 Å². The molecule has 0 saturated heterocycles. The van der Waals surface area contributed by atoms with Gasteiger partial charge < -0.3 is 10.5 Å². The molecule has 0 aromatic heterocycles. The molecule has 2 aromatic rings. The highest BCUT2D eigenvalue weighted by atomic mass is 16.5. The minimum Gasteiger partial charge on any atom is -0.489 e. The molecule has 0 saturated carbocycles. The summed E-state index contributed by atoms with van der Waals surface area (Å²) < 4.78 is 5.74. The summed E-state index contributed by atoms with van der Waals surface area (Å²) in [5.74, 6) is 0.981. The number of hydrogen-bond donors (Lipinski definition) is 2. The highest BCUT2D eigenvalue weighted by Gasteiger charge is 2.00. The summed E-state index contributed by atoms with van der Waals surface area (Å²) in [7, 11) is 0. The zero-order chi connectivity index (χ0) is 13.0. The predicted octanol–water partition coefficient (Wildman–Crippen LogP) is 2.86. The summed E-state index contributed by atoms with van der Waals surface area (Å²) in [6.07, 6.45) is 0. The molecule has 92 valence electrons. The number of nitrogen functional groups attached to an aromatic ring is 1. The molecule has 0 heterocycles. The van der Waals surface area contributed by atoms with Crippen LogP contribution in [0, 0.1) is 12.3 Å².